The van der Waals surface area contributed by atoms with Crippen LogP contribution in [-0.2, 0) is 21.2 Å². The van der Waals surface area contributed by atoms with Crippen LogP contribution >= 0.6 is 0 Å². The quantitative estimate of drug-likeness (QED) is 0.331. The second-order valence-electron chi connectivity index (χ2n) is 8.49. The SMILES string of the molecule is CCOc1cccc(N(CC(=O)Nc2ccccc2C(=O)NCCc2ccc(OC)c(OC)c2)S(C)(=O)=O)c1. The summed E-state index contributed by atoms with van der Waals surface area (Å²) in [4.78, 5) is 25.9. The number of hydrogen-bond donors (Lipinski definition) is 2. The molecular weight excluding hydrogens is 522 g/mol. The standard InChI is InChI=1S/C28H33N3O7S/c1-5-38-22-10-8-9-21(18-22)31(39(4,34)35)19-27(32)30-24-12-7-6-11-23(24)28(33)29-16-15-20-13-14-25(36-2)26(17-20)37-3/h6-14,17-18H,5,15-16,19H2,1-4H3,(H,29,33)(H,30,32). The monoisotopic (exact) mass is 555 g/mol. The minimum Gasteiger partial charge on any atom is -0.494 e. The van der Waals surface area contributed by atoms with Crippen molar-refractivity contribution >= 4 is 33.2 Å². The number of para-hydroxylation sites is 1. The normalized spacial score (nSPS) is 10.9. The van der Waals surface area contributed by atoms with E-state index in [0.717, 1.165) is 16.1 Å². The number of methoxy groups -OCH3 is 2. The highest BCUT2D eigenvalue weighted by Gasteiger charge is 2.22. The molecule has 0 spiro atoms. The van der Waals surface area contributed by atoms with E-state index in [1.165, 1.54) is 0 Å². The number of rotatable bonds is 13. The molecule has 2 amide bonds. The number of carbonyl (C=O) groups excluding carboxylic acids is 2. The van der Waals surface area contributed by atoms with E-state index in [1.54, 1.807) is 68.8 Å². The van der Waals surface area contributed by atoms with E-state index in [2.05, 4.69) is 10.6 Å². The highest BCUT2D eigenvalue weighted by molar-refractivity contribution is 7.92. The number of sulfonamides is 1. The smallest absolute Gasteiger partial charge is 0.253 e. The maximum atomic E-state index is 12.9. The van der Waals surface area contributed by atoms with Crippen LogP contribution < -0.4 is 29.1 Å². The molecule has 0 aliphatic carbocycles. The van der Waals surface area contributed by atoms with Crippen molar-refractivity contribution in [2.75, 3.05) is 49.8 Å². The summed E-state index contributed by atoms with van der Waals surface area (Å²) in [6, 6.07) is 18.5. The minimum atomic E-state index is -3.79. The molecule has 3 aromatic carbocycles. The van der Waals surface area contributed by atoms with E-state index in [9.17, 15) is 18.0 Å². The molecule has 3 aromatic rings. The maximum Gasteiger partial charge on any atom is 0.253 e. The Labute approximate surface area is 228 Å². The lowest BCUT2D eigenvalue weighted by Gasteiger charge is -2.22. The molecular formula is C28H33N3O7S. The predicted octanol–water partition coefficient (Wildman–Crippen LogP) is 3.48. The lowest BCUT2D eigenvalue weighted by molar-refractivity contribution is -0.114. The highest BCUT2D eigenvalue weighted by Crippen LogP contribution is 2.28. The van der Waals surface area contributed by atoms with Gasteiger partial charge in [-0.05, 0) is 55.3 Å². The van der Waals surface area contributed by atoms with Crippen LogP contribution in [0.1, 0.15) is 22.8 Å². The van der Waals surface area contributed by atoms with Gasteiger partial charge in [-0.3, -0.25) is 13.9 Å². The zero-order valence-corrected chi connectivity index (χ0v) is 23.2. The van der Waals surface area contributed by atoms with Gasteiger partial charge in [0.1, 0.15) is 12.3 Å². The topological polar surface area (TPSA) is 123 Å². The van der Waals surface area contributed by atoms with Crippen LogP contribution in [0.15, 0.2) is 66.7 Å². The second-order valence-corrected chi connectivity index (χ2v) is 10.4. The maximum absolute atomic E-state index is 12.9. The first-order valence-corrected chi connectivity index (χ1v) is 14.1. The summed E-state index contributed by atoms with van der Waals surface area (Å²) >= 11 is 0. The molecule has 11 heteroatoms. The van der Waals surface area contributed by atoms with E-state index in [1.807, 2.05) is 19.1 Å². The summed E-state index contributed by atoms with van der Waals surface area (Å²) in [5, 5.41) is 5.53. The third kappa shape index (κ3) is 8.11. The number of nitrogens with one attached hydrogen (secondary N) is 2. The molecule has 0 aromatic heterocycles. The fraction of sp³-hybridized carbons (Fsp3) is 0.286. The van der Waals surface area contributed by atoms with Gasteiger partial charge in [0, 0.05) is 12.6 Å². The lowest BCUT2D eigenvalue weighted by Crippen LogP contribution is -2.37. The Kier molecular flexibility index (Phi) is 10.2. The highest BCUT2D eigenvalue weighted by atomic mass is 32.2. The third-order valence-electron chi connectivity index (χ3n) is 5.70. The van der Waals surface area contributed by atoms with Gasteiger partial charge in [0.25, 0.3) is 5.91 Å². The molecule has 10 nitrogen and oxygen atoms in total. The Morgan fingerprint density at radius 2 is 1.67 bits per heavy atom. The minimum absolute atomic E-state index is 0.252. The third-order valence-corrected chi connectivity index (χ3v) is 6.84. The van der Waals surface area contributed by atoms with Gasteiger partial charge in [-0.25, -0.2) is 8.42 Å². The number of hydrogen-bond acceptors (Lipinski definition) is 7. The fourth-order valence-electron chi connectivity index (χ4n) is 3.86. The van der Waals surface area contributed by atoms with Crippen molar-refractivity contribution in [2.45, 2.75) is 13.3 Å². The summed E-state index contributed by atoms with van der Waals surface area (Å²) in [7, 11) is -0.671. The molecule has 0 fully saturated rings. The van der Waals surface area contributed by atoms with Crippen LogP contribution in [0, 0.1) is 0 Å². The van der Waals surface area contributed by atoms with Crippen molar-refractivity contribution < 1.29 is 32.2 Å². The first kappa shape index (κ1) is 29.3. The number of carbonyl (C=O) groups is 2. The van der Waals surface area contributed by atoms with Crippen molar-refractivity contribution in [3.05, 3.63) is 77.9 Å². The Balaban J connectivity index is 1.68. The van der Waals surface area contributed by atoms with Gasteiger partial charge < -0.3 is 24.8 Å². The van der Waals surface area contributed by atoms with Gasteiger partial charge >= 0.3 is 0 Å². The van der Waals surface area contributed by atoms with E-state index >= 15 is 0 Å². The summed E-state index contributed by atoms with van der Waals surface area (Å²) in [5.74, 6) is 0.719. The van der Waals surface area contributed by atoms with Gasteiger partial charge in [-0.2, -0.15) is 0 Å². The zero-order valence-electron chi connectivity index (χ0n) is 22.4. The van der Waals surface area contributed by atoms with Gasteiger partial charge in [0.2, 0.25) is 15.9 Å². The largest absolute Gasteiger partial charge is 0.494 e. The predicted molar refractivity (Wildman–Crippen MR) is 150 cm³/mol. The number of amides is 2. The molecule has 3 rings (SSSR count). The summed E-state index contributed by atoms with van der Waals surface area (Å²) in [6.45, 7) is 2.09. The van der Waals surface area contributed by atoms with E-state index in [4.69, 9.17) is 14.2 Å². The van der Waals surface area contributed by atoms with E-state index in [-0.39, 0.29) is 17.2 Å². The number of anilines is 2. The molecule has 0 atom stereocenters. The van der Waals surface area contributed by atoms with Crippen molar-refractivity contribution in [1.82, 2.24) is 5.32 Å². The molecule has 0 bridgehead atoms. The molecule has 0 saturated heterocycles. The number of nitrogens with zero attached hydrogens (tertiary/aromatic N) is 1. The lowest BCUT2D eigenvalue weighted by atomic mass is 10.1. The first-order valence-electron chi connectivity index (χ1n) is 12.2. The molecule has 0 heterocycles. The van der Waals surface area contributed by atoms with Crippen LogP contribution in [0.25, 0.3) is 0 Å². The molecule has 0 aliphatic rings. The zero-order chi connectivity index (χ0) is 28.4. The fourth-order valence-corrected chi connectivity index (χ4v) is 4.71. The van der Waals surface area contributed by atoms with Crippen molar-refractivity contribution in [3.8, 4) is 17.2 Å². The van der Waals surface area contributed by atoms with Crippen LogP contribution in [0.5, 0.6) is 17.2 Å². The van der Waals surface area contributed by atoms with Crippen LogP contribution in [-0.4, -0.2) is 60.4 Å². The van der Waals surface area contributed by atoms with Gasteiger partial charge in [0.05, 0.1) is 44.0 Å². The van der Waals surface area contributed by atoms with E-state index in [0.29, 0.717) is 42.5 Å². The first-order chi connectivity index (χ1) is 18.7. The van der Waals surface area contributed by atoms with Crippen LogP contribution in [0.2, 0.25) is 0 Å². The Hall–Kier alpha value is -4.25. The molecule has 0 radical (unpaired) electrons. The Morgan fingerprint density at radius 1 is 0.923 bits per heavy atom. The summed E-state index contributed by atoms with van der Waals surface area (Å²) in [5.41, 5.74) is 1.76. The van der Waals surface area contributed by atoms with Crippen LogP contribution in [0.3, 0.4) is 0 Å². The van der Waals surface area contributed by atoms with Crippen molar-refractivity contribution in [3.63, 3.8) is 0 Å². The second kappa shape index (κ2) is 13.5. The molecule has 2 N–H and O–H groups in total. The number of ether oxygens (including phenoxy) is 3. The van der Waals surface area contributed by atoms with Gasteiger partial charge in [-0.1, -0.05) is 24.3 Å². The Bertz CT molecular complexity index is 1410. The summed E-state index contributed by atoms with van der Waals surface area (Å²) in [6.07, 6.45) is 1.57. The Morgan fingerprint density at radius 3 is 2.36 bits per heavy atom. The van der Waals surface area contributed by atoms with E-state index < -0.39 is 22.5 Å². The average molecular weight is 556 g/mol. The van der Waals surface area contributed by atoms with Gasteiger partial charge in [0.15, 0.2) is 11.5 Å². The van der Waals surface area contributed by atoms with Gasteiger partial charge in [-0.15, -0.1) is 0 Å². The molecule has 0 aliphatic heterocycles. The molecule has 0 saturated carbocycles. The molecule has 39 heavy (non-hydrogen) atoms. The van der Waals surface area contributed by atoms with Crippen LogP contribution in [0.4, 0.5) is 11.4 Å². The average Bonchev–Trinajstić information content (AvgIpc) is 2.91. The van der Waals surface area contributed by atoms with Crippen molar-refractivity contribution in [2.24, 2.45) is 0 Å². The number of benzene rings is 3. The molecule has 0 unspecified atom stereocenters. The summed E-state index contributed by atoms with van der Waals surface area (Å²) < 4.78 is 42.0. The van der Waals surface area contributed by atoms with Crippen molar-refractivity contribution in [1.29, 1.82) is 0 Å². The molecule has 208 valence electrons.